The fraction of sp³-hybridized carbons (Fsp3) is 0.172. The molecule has 2 aromatic carbocycles. The van der Waals surface area contributed by atoms with E-state index >= 15 is 0 Å². The number of nitrogens with zero attached hydrogens (tertiary/aromatic N) is 3. The maximum absolute atomic E-state index is 13.7. The molecule has 8 nitrogen and oxygen atoms in total. The van der Waals surface area contributed by atoms with Crippen molar-refractivity contribution in [3.63, 3.8) is 0 Å². The Bertz CT molecular complexity index is 1730. The van der Waals surface area contributed by atoms with E-state index in [1.54, 1.807) is 12.3 Å². The summed E-state index contributed by atoms with van der Waals surface area (Å²) in [5.41, 5.74) is 3.14. The molecule has 4 aromatic rings. The topological polar surface area (TPSA) is 82.4 Å². The lowest BCUT2D eigenvalue weighted by atomic mass is 10.2. The molecule has 2 aromatic heterocycles. The molecule has 0 bridgehead atoms. The van der Waals surface area contributed by atoms with Crippen LogP contribution in [0.2, 0.25) is 0 Å². The van der Waals surface area contributed by atoms with E-state index in [4.69, 9.17) is 26.4 Å². The van der Waals surface area contributed by atoms with Gasteiger partial charge >= 0.3 is 0 Å². The predicted molar refractivity (Wildman–Crippen MR) is 153 cm³/mol. The van der Waals surface area contributed by atoms with Crippen molar-refractivity contribution >= 4 is 45.9 Å². The van der Waals surface area contributed by atoms with E-state index in [9.17, 15) is 9.59 Å². The molecule has 2 aliphatic rings. The number of thioether (sulfide) groups is 1. The van der Waals surface area contributed by atoms with Crippen LogP contribution in [0.25, 0.3) is 11.7 Å². The Labute approximate surface area is 233 Å². The lowest BCUT2D eigenvalue weighted by molar-refractivity contribution is -0.122. The van der Waals surface area contributed by atoms with Crippen molar-refractivity contribution in [1.29, 1.82) is 0 Å². The summed E-state index contributed by atoms with van der Waals surface area (Å²) in [6.45, 7) is 4.39. The van der Waals surface area contributed by atoms with Gasteiger partial charge in [0.2, 0.25) is 12.7 Å². The summed E-state index contributed by atoms with van der Waals surface area (Å²) in [4.78, 5) is 33.6. The highest BCUT2D eigenvalue weighted by molar-refractivity contribution is 8.26. The second-order valence-corrected chi connectivity index (χ2v) is 10.8. The maximum Gasteiger partial charge on any atom is 0.269 e. The minimum atomic E-state index is -0.343. The van der Waals surface area contributed by atoms with Gasteiger partial charge in [-0.2, -0.15) is 4.98 Å². The maximum atomic E-state index is 13.7. The molecule has 0 atom stereocenters. The molecule has 0 saturated carbocycles. The van der Waals surface area contributed by atoms with Crippen molar-refractivity contribution in [2.75, 3.05) is 6.79 Å². The first-order valence-corrected chi connectivity index (χ1v) is 13.6. The summed E-state index contributed by atoms with van der Waals surface area (Å²) >= 11 is 6.68. The Kier molecular flexibility index (Phi) is 6.58. The largest absolute Gasteiger partial charge is 0.454 e. The highest BCUT2D eigenvalue weighted by Crippen LogP contribution is 2.37. The first-order chi connectivity index (χ1) is 18.9. The van der Waals surface area contributed by atoms with Crippen LogP contribution in [0, 0.1) is 6.92 Å². The fourth-order valence-corrected chi connectivity index (χ4v) is 5.62. The number of hydrogen-bond acceptors (Lipinski definition) is 8. The molecule has 39 heavy (non-hydrogen) atoms. The van der Waals surface area contributed by atoms with Crippen LogP contribution in [0.4, 0.5) is 0 Å². The number of rotatable bonds is 6. The van der Waals surface area contributed by atoms with Crippen LogP contribution >= 0.6 is 24.0 Å². The summed E-state index contributed by atoms with van der Waals surface area (Å²) in [5.74, 6) is 1.67. The van der Waals surface area contributed by atoms with Gasteiger partial charge < -0.3 is 14.2 Å². The third kappa shape index (κ3) is 4.77. The molecule has 4 heterocycles. The number of amides is 1. The number of aromatic nitrogens is 2. The van der Waals surface area contributed by atoms with Crippen LogP contribution in [-0.4, -0.2) is 31.3 Å². The third-order valence-electron chi connectivity index (χ3n) is 6.52. The van der Waals surface area contributed by atoms with Gasteiger partial charge in [0.05, 0.1) is 11.4 Å². The summed E-state index contributed by atoms with van der Waals surface area (Å²) in [7, 11) is 0. The fourth-order valence-electron chi connectivity index (χ4n) is 4.39. The molecule has 1 saturated heterocycles. The Hall–Kier alpha value is -4.15. The van der Waals surface area contributed by atoms with Crippen LogP contribution in [0.1, 0.15) is 29.2 Å². The number of fused-ring (bicyclic) bond motifs is 2. The molecule has 196 valence electrons. The van der Waals surface area contributed by atoms with E-state index in [2.05, 4.69) is 11.9 Å². The first kappa shape index (κ1) is 25.1. The van der Waals surface area contributed by atoms with Gasteiger partial charge in [-0.05, 0) is 66.4 Å². The van der Waals surface area contributed by atoms with E-state index < -0.39 is 0 Å². The van der Waals surface area contributed by atoms with Crippen molar-refractivity contribution in [2.24, 2.45) is 0 Å². The lowest BCUT2D eigenvalue weighted by Gasteiger charge is -2.15. The monoisotopic (exact) mass is 557 g/mol. The van der Waals surface area contributed by atoms with Gasteiger partial charge in [-0.3, -0.25) is 18.9 Å². The first-order valence-electron chi connectivity index (χ1n) is 12.3. The average Bonchev–Trinajstić information content (AvgIpc) is 3.51. The molecule has 10 heteroatoms. The van der Waals surface area contributed by atoms with Crippen LogP contribution in [-0.2, 0) is 17.8 Å². The van der Waals surface area contributed by atoms with Gasteiger partial charge in [0.15, 0.2) is 11.5 Å². The molecule has 0 N–H and O–H groups in total. The molecule has 1 amide bonds. The number of carbonyl (C=O) groups excluding carboxylic acids is 1. The molecule has 0 aliphatic carbocycles. The van der Waals surface area contributed by atoms with Crippen LogP contribution in [0.3, 0.4) is 0 Å². The predicted octanol–water partition coefficient (Wildman–Crippen LogP) is 5.49. The number of aryl methyl sites for hydroxylation is 2. The van der Waals surface area contributed by atoms with E-state index in [-0.39, 0.29) is 36.2 Å². The number of pyridine rings is 1. The minimum Gasteiger partial charge on any atom is -0.454 e. The molecule has 6 rings (SSSR count). The number of benzene rings is 2. The van der Waals surface area contributed by atoms with E-state index in [1.807, 2.05) is 55.5 Å². The van der Waals surface area contributed by atoms with Crippen LogP contribution < -0.4 is 19.8 Å². The Morgan fingerprint density at radius 3 is 2.64 bits per heavy atom. The zero-order valence-corrected chi connectivity index (χ0v) is 22.8. The van der Waals surface area contributed by atoms with Crippen LogP contribution in [0.5, 0.6) is 23.1 Å². The van der Waals surface area contributed by atoms with E-state index in [0.717, 1.165) is 34.9 Å². The third-order valence-corrected chi connectivity index (χ3v) is 7.90. The molecule has 0 spiro atoms. The summed E-state index contributed by atoms with van der Waals surface area (Å²) in [6, 6.07) is 16.8. The molecule has 2 aliphatic heterocycles. The van der Waals surface area contributed by atoms with Gasteiger partial charge in [0.1, 0.15) is 21.3 Å². The smallest absolute Gasteiger partial charge is 0.269 e. The van der Waals surface area contributed by atoms with E-state index in [0.29, 0.717) is 32.1 Å². The van der Waals surface area contributed by atoms with Gasteiger partial charge in [0.25, 0.3) is 11.5 Å². The van der Waals surface area contributed by atoms with Gasteiger partial charge in [-0.15, -0.1) is 0 Å². The van der Waals surface area contributed by atoms with Crippen molar-refractivity contribution in [2.45, 2.75) is 26.8 Å². The second-order valence-electron chi connectivity index (χ2n) is 9.08. The number of thiocarbonyl (C=S) groups is 1. The van der Waals surface area contributed by atoms with Crippen molar-refractivity contribution < 1.29 is 19.0 Å². The standard InChI is InChI=1S/C29H23N3O5S2/c1-3-18-6-9-20(10-7-18)37-26-21(27(33)31-12-4-5-17(2)25(31)30-26)14-24-28(34)32(29(38)39-24)15-19-8-11-22-23(13-19)36-16-35-22/h4-14H,3,15-16H2,1-2H3/b24-14+. The summed E-state index contributed by atoms with van der Waals surface area (Å²) in [6.07, 6.45) is 4.08. The van der Waals surface area contributed by atoms with E-state index in [1.165, 1.54) is 15.4 Å². The Morgan fingerprint density at radius 1 is 1.08 bits per heavy atom. The lowest BCUT2D eigenvalue weighted by Crippen LogP contribution is -2.27. The van der Waals surface area contributed by atoms with Crippen molar-refractivity contribution in [3.05, 3.63) is 98.3 Å². The zero-order valence-electron chi connectivity index (χ0n) is 21.2. The zero-order chi connectivity index (χ0) is 27.1. The summed E-state index contributed by atoms with van der Waals surface area (Å²) < 4.78 is 18.8. The van der Waals surface area contributed by atoms with Crippen molar-refractivity contribution in [3.8, 4) is 23.1 Å². The number of ether oxygens (including phenoxy) is 3. The Morgan fingerprint density at radius 2 is 1.85 bits per heavy atom. The summed E-state index contributed by atoms with van der Waals surface area (Å²) in [5, 5.41) is 0. The number of hydrogen-bond donors (Lipinski definition) is 0. The van der Waals surface area contributed by atoms with Gasteiger partial charge in [0, 0.05) is 6.20 Å². The van der Waals surface area contributed by atoms with Crippen molar-refractivity contribution in [1.82, 2.24) is 14.3 Å². The SMILES string of the molecule is CCc1ccc(Oc2nc3c(C)cccn3c(=O)c2/C=C2/SC(=S)N(Cc3ccc4c(c3)OCO4)C2=O)cc1. The minimum absolute atomic E-state index is 0.125. The Balaban J connectivity index is 1.37. The van der Waals surface area contributed by atoms with Gasteiger partial charge in [-0.1, -0.05) is 55.2 Å². The number of carbonyl (C=O) groups is 1. The average molecular weight is 558 g/mol. The molecule has 0 radical (unpaired) electrons. The highest BCUT2D eigenvalue weighted by atomic mass is 32.2. The molecule has 1 fully saturated rings. The molecular formula is C29H23N3O5S2. The quantitative estimate of drug-likeness (QED) is 0.228. The highest BCUT2D eigenvalue weighted by Gasteiger charge is 2.33. The molecule has 0 unspecified atom stereocenters. The van der Waals surface area contributed by atoms with Gasteiger partial charge in [-0.25, -0.2) is 0 Å². The normalized spacial score (nSPS) is 15.5. The van der Waals surface area contributed by atoms with Crippen LogP contribution in [0.15, 0.2) is 70.5 Å². The second kappa shape index (κ2) is 10.2. The molecular weight excluding hydrogens is 534 g/mol.